The highest BCUT2D eigenvalue weighted by molar-refractivity contribution is 7.98. The number of primary amides is 1. The first-order valence-corrected chi connectivity index (χ1v) is 39.2. The third-order valence-corrected chi connectivity index (χ3v) is 19.8. The number of amides is 11. The van der Waals surface area contributed by atoms with Gasteiger partial charge in [0.25, 0.3) is 5.91 Å². The second-order valence-electron chi connectivity index (χ2n) is 27.3. The number of guanidine groups is 1. The molecule has 19 N–H and O–H groups in total. The van der Waals surface area contributed by atoms with E-state index in [4.69, 9.17) is 26.8 Å². The first-order valence-electron chi connectivity index (χ1n) is 36.7. The monoisotopic (exact) mass is 1570 g/mol. The van der Waals surface area contributed by atoms with Gasteiger partial charge in [0.15, 0.2) is 5.96 Å². The van der Waals surface area contributed by atoms with Crippen LogP contribution in [0.25, 0.3) is 10.9 Å². The molecular weight excluding hydrogens is 1470 g/mol. The topological polar surface area (TPSA) is 531 Å². The maximum Gasteiger partial charge on any atom is 0.305 e. The molecule has 3 heterocycles. The standard InChI is InChI=1S/C74H104N16O18S2/c1-6-7-17-53-66(99)86-57(36-62(95)96)70(103)89-63(42(2)3)72(105)87-56(35-47-37-79-51-18-11-10-16-50(47)51)69(102)85-55(34-44-21-23-48(91)24-22-44)68(101)83-54(25-26-61(93)94)67(100)88-58(64(75)97)41-110-40-46-31-45(39-109-5)32-49(33-46)107-29-12-8-9-13-30-108-80-38-60(92)82-52(19-14-27-78-74(76)77)65(98)81-43(4)73(106)90-28-15-20-59(90)71(104)84-53/h10-11,16,18,21-24,31-33,37-38,42-43,52-59,63,79,91H,6-9,12-15,17,19-20,25-30,34-36,39-41H2,1-5H3,(H2,75,97)(H,81,98)(H,82,92)(H,83,101)(H,84,104)(H,85,102)(H,86,99)(H,87,105)(H,88,100)(H,89,103)(H,93,94)(H,95,96)(H4,76,77,78)/t43-,52-,53-,54-,55-,56-,57-,58-,59-,63-/m0/s1. The summed E-state index contributed by atoms with van der Waals surface area (Å²) >= 11 is 2.84. The van der Waals surface area contributed by atoms with E-state index in [0.29, 0.717) is 84.4 Å². The van der Waals surface area contributed by atoms with Crippen LogP contribution in [-0.2, 0) is 91.5 Å². The third-order valence-electron chi connectivity index (χ3n) is 18.1. The molecule has 0 aliphatic carbocycles. The van der Waals surface area contributed by atoms with Gasteiger partial charge in [-0.05, 0) is 136 Å². The van der Waals surface area contributed by atoms with E-state index < -0.39 is 163 Å². The van der Waals surface area contributed by atoms with Gasteiger partial charge >= 0.3 is 11.9 Å². The van der Waals surface area contributed by atoms with E-state index >= 15 is 4.79 Å². The number of nitrogens with zero attached hydrogens (tertiary/aromatic N) is 3. The highest BCUT2D eigenvalue weighted by Crippen LogP contribution is 2.26. The summed E-state index contributed by atoms with van der Waals surface area (Å²) in [5, 5.41) is 58.1. The minimum atomic E-state index is -1.89. The van der Waals surface area contributed by atoms with E-state index in [1.807, 2.05) is 31.4 Å². The second-order valence-corrected chi connectivity index (χ2v) is 29.2. The lowest BCUT2D eigenvalue weighted by Crippen LogP contribution is -2.61. The zero-order valence-corrected chi connectivity index (χ0v) is 64.1. The van der Waals surface area contributed by atoms with Crippen LogP contribution in [0.2, 0.25) is 0 Å². The molecule has 36 heteroatoms. The number of phenolic OH excluding ortho intramolecular Hbond substituents is 1. The van der Waals surface area contributed by atoms with Crippen molar-refractivity contribution in [3.05, 3.63) is 95.2 Å². The van der Waals surface area contributed by atoms with Crippen LogP contribution in [0.1, 0.15) is 140 Å². The number of rotatable bonds is 20. The van der Waals surface area contributed by atoms with Gasteiger partial charge in [-0.2, -0.15) is 23.5 Å². The zero-order chi connectivity index (χ0) is 80.4. The number of thioether (sulfide) groups is 2. The minimum absolute atomic E-state index is 0.0140. The molecule has 600 valence electrons. The predicted octanol–water partition coefficient (Wildman–Crippen LogP) is 1.51. The number of benzene rings is 3. The number of H-pyrrole nitrogens is 1. The van der Waals surface area contributed by atoms with E-state index in [1.165, 1.54) is 61.7 Å². The van der Waals surface area contributed by atoms with Crippen LogP contribution in [0.15, 0.2) is 83.1 Å². The molecule has 6 rings (SSSR count). The first kappa shape index (κ1) is 88.3. The molecule has 10 atom stereocenters. The Morgan fingerprint density at radius 2 is 1.29 bits per heavy atom. The van der Waals surface area contributed by atoms with Crippen LogP contribution in [0.5, 0.6) is 11.5 Å². The number of carbonyl (C=O) groups is 13. The van der Waals surface area contributed by atoms with Crippen molar-refractivity contribution in [3.63, 3.8) is 0 Å². The molecular formula is C74H104N16O18S2. The highest BCUT2D eigenvalue weighted by atomic mass is 32.2. The van der Waals surface area contributed by atoms with Crippen LogP contribution in [0, 0.1) is 5.92 Å². The Labute approximate surface area is 646 Å². The Hall–Kier alpha value is -10.7. The molecule has 11 amide bonds. The number of hydrogen-bond acceptors (Lipinski definition) is 20. The molecule has 4 aromatic rings. The van der Waals surface area contributed by atoms with E-state index in [0.717, 1.165) is 23.8 Å². The predicted molar refractivity (Wildman–Crippen MR) is 412 cm³/mol. The quantitative estimate of drug-likeness (QED) is 0.0339. The summed E-state index contributed by atoms with van der Waals surface area (Å²) < 4.78 is 6.19. The molecule has 2 aliphatic heterocycles. The number of nitrogens with two attached hydrogens (primary N) is 3. The number of aromatic hydroxyl groups is 1. The fourth-order valence-electron chi connectivity index (χ4n) is 12.3. The maximum absolute atomic E-state index is 15.2. The zero-order valence-electron chi connectivity index (χ0n) is 62.5. The van der Waals surface area contributed by atoms with Crippen molar-refractivity contribution in [1.29, 1.82) is 0 Å². The Morgan fingerprint density at radius 1 is 0.673 bits per heavy atom. The number of nitrogens with one attached hydrogen (secondary N) is 10. The number of aromatic amines is 1. The molecule has 1 saturated heterocycles. The summed E-state index contributed by atoms with van der Waals surface area (Å²) in [4.78, 5) is 195. The molecule has 3 aromatic carbocycles. The number of phenols is 1. The Balaban J connectivity index is 1.33. The maximum atomic E-state index is 15.2. The first-order chi connectivity index (χ1) is 52.5. The van der Waals surface area contributed by atoms with Crippen molar-refractivity contribution in [2.75, 3.05) is 38.3 Å². The van der Waals surface area contributed by atoms with Gasteiger partial charge in [0.1, 0.15) is 84.7 Å². The molecule has 34 nitrogen and oxygen atoms in total. The number of ether oxygens (including phenoxy) is 1. The van der Waals surface area contributed by atoms with E-state index in [2.05, 4.69) is 63.0 Å². The summed E-state index contributed by atoms with van der Waals surface area (Å²) in [6.07, 6.45) is 5.86. The SMILES string of the molecule is CCCC[C@@H]1NC(=O)[C@@H]2CCCN2C(=O)[C@H](C)NC(=O)[C@H](CCCN=C(N)N)NC(=O)C=NOCCCCCCOc2cc(CSC)cc(c2)CSC[C@@H](C(N)=O)NC(=O)[C@H](CCC(=O)O)NC(=O)[C@H](Cc2ccc(O)cc2)NC(=O)[C@H](Cc2c[nH]c3ccccc23)NC(=O)[C@H](C(C)C)NC(=O)[C@H](CC(=O)O)NC1=O. The van der Waals surface area contributed by atoms with E-state index in [-0.39, 0.29) is 75.7 Å². The summed E-state index contributed by atoms with van der Waals surface area (Å²) in [6, 6.07) is 3.60. The fraction of sp³-hybridized carbons (Fsp3) is 0.527. The van der Waals surface area contributed by atoms with Crippen LogP contribution >= 0.6 is 23.5 Å². The number of para-hydroxylation sites is 1. The number of aliphatic carboxylic acids is 2. The average Bonchev–Trinajstić information content (AvgIpc) is 1.51. The lowest BCUT2D eigenvalue weighted by atomic mass is 9.99. The number of oxime groups is 1. The van der Waals surface area contributed by atoms with E-state index in [9.17, 15) is 72.9 Å². The van der Waals surface area contributed by atoms with Gasteiger partial charge in [0, 0.05) is 66.7 Å². The van der Waals surface area contributed by atoms with Gasteiger partial charge in [-0.25, -0.2) is 0 Å². The van der Waals surface area contributed by atoms with Crippen LogP contribution in [0.4, 0.5) is 0 Å². The van der Waals surface area contributed by atoms with Gasteiger partial charge in [-0.1, -0.05) is 75.2 Å². The number of carboxylic acids is 2. The average molecular weight is 1570 g/mol. The third kappa shape index (κ3) is 29.4. The van der Waals surface area contributed by atoms with Crippen molar-refractivity contribution >= 4 is 124 Å². The van der Waals surface area contributed by atoms with Gasteiger partial charge < -0.3 is 99.8 Å². The molecule has 110 heavy (non-hydrogen) atoms. The minimum Gasteiger partial charge on any atom is -0.508 e. The van der Waals surface area contributed by atoms with Crippen molar-refractivity contribution in [3.8, 4) is 11.5 Å². The van der Waals surface area contributed by atoms with Crippen molar-refractivity contribution < 1.29 is 87.2 Å². The van der Waals surface area contributed by atoms with Crippen molar-refractivity contribution in [2.24, 2.45) is 33.3 Å². The Kier molecular flexibility index (Phi) is 36.4. The molecule has 2 aliphatic rings. The van der Waals surface area contributed by atoms with Gasteiger partial charge in [-0.3, -0.25) is 67.3 Å². The lowest BCUT2D eigenvalue weighted by Gasteiger charge is -2.30. The number of aliphatic imine (C=N–C) groups is 1. The second kappa shape index (κ2) is 45.4. The summed E-state index contributed by atoms with van der Waals surface area (Å²) in [5.41, 5.74) is 20.2. The number of carboxylic acid groups (broad SMARTS) is 2. The van der Waals surface area contributed by atoms with Gasteiger partial charge in [0.05, 0.1) is 13.0 Å². The van der Waals surface area contributed by atoms with Crippen LogP contribution in [-0.4, -0.2) is 213 Å². The number of unbranched alkanes of at least 4 members (excludes halogenated alkanes) is 1. The fourth-order valence-corrected chi connectivity index (χ4v) is 13.8. The Morgan fingerprint density at radius 3 is 1.97 bits per heavy atom. The van der Waals surface area contributed by atoms with Gasteiger partial charge in [0.2, 0.25) is 59.1 Å². The number of hydrogen-bond donors (Lipinski definition) is 16. The molecule has 0 unspecified atom stereocenters. The molecule has 2 bridgehead atoms. The van der Waals surface area contributed by atoms with Crippen LogP contribution < -0.4 is 69.8 Å². The highest BCUT2D eigenvalue weighted by Gasteiger charge is 2.41. The van der Waals surface area contributed by atoms with E-state index in [1.54, 1.807) is 42.2 Å². The largest absolute Gasteiger partial charge is 0.508 e. The summed E-state index contributed by atoms with van der Waals surface area (Å²) in [6.45, 7) is 6.98. The Bertz CT molecular complexity index is 3890. The van der Waals surface area contributed by atoms with Crippen molar-refractivity contribution in [2.45, 2.75) is 202 Å². The summed E-state index contributed by atoms with van der Waals surface area (Å²) in [7, 11) is 0. The van der Waals surface area contributed by atoms with Crippen molar-refractivity contribution in [1.82, 2.24) is 57.7 Å². The molecule has 0 radical (unpaired) electrons. The molecule has 0 saturated carbocycles. The smallest absolute Gasteiger partial charge is 0.305 e. The summed E-state index contributed by atoms with van der Waals surface area (Å²) in [5.74, 6) is -12.6. The number of carbonyl (C=O) groups excluding carboxylic acids is 11. The molecule has 1 aromatic heterocycles. The molecule has 0 spiro atoms. The number of fused-ring (bicyclic) bond motifs is 4. The normalized spacial score (nSPS) is 23.1. The molecule has 1 fully saturated rings. The van der Waals surface area contributed by atoms with Gasteiger partial charge in [-0.15, -0.1) is 0 Å². The number of aromatic nitrogens is 1. The lowest BCUT2D eigenvalue weighted by molar-refractivity contribution is -0.143. The van der Waals surface area contributed by atoms with Crippen LogP contribution in [0.3, 0.4) is 0 Å².